The Labute approximate surface area is 95.2 Å². The van der Waals surface area contributed by atoms with Crippen LogP contribution in [0.5, 0.6) is 5.75 Å². The summed E-state index contributed by atoms with van der Waals surface area (Å²) in [5.41, 5.74) is 4.47. The molecule has 0 bridgehead atoms. The molecule has 15 heavy (non-hydrogen) atoms. The minimum Gasteiger partial charge on any atom is -0.508 e. The van der Waals surface area contributed by atoms with Crippen molar-refractivity contribution >= 4 is 24.0 Å². The minimum atomic E-state index is -4.60. The van der Waals surface area contributed by atoms with Crippen molar-refractivity contribution in [3.63, 3.8) is 0 Å². The summed E-state index contributed by atoms with van der Waals surface area (Å²) in [5.74, 6) is -0.515. The molecule has 0 aliphatic rings. The van der Waals surface area contributed by atoms with E-state index in [1.54, 1.807) is 0 Å². The van der Waals surface area contributed by atoms with Crippen LogP contribution in [0.2, 0.25) is 5.02 Å². The average Bonchev–Trinajstić information content (AvgIpc) is 2.06. The molecule has 0 amide bonds. The van der Waals surface area contributed by atoms with Crippen LogP contribution < -0.4 is 5.73 Å². The van der Waals surface area contributed by atoms with E-state index in [1.807, 2.05) is 0 Å². The molecule has 1 unspecified atom stereocenters. The molecule has 1 aromatic carbocycles. The third-order valence-corrected chi connectivity index (χ3v) is 1.91. The Morgan fingerprint density at radius 2 is 1.87 bits per heavy atom. The van der Waals surface area contributed by atoms with Gasteiger partial charge in [0.2, 0.25) is 0 Å². The van der Waals surface area contributed by atoms with Gasteiger partial charge in [0.1, 0.15) is 11.8 Å². The molecule has 1 rings (SSSR count). The lowest BCUT2D eigenvalue weighted by Crippen LogP contribution is -2.28. The fraction of sp³-hybridized carbons (Fsp3) is 0.250. The molecule has 0 aliphatic heterocycles. The van der Waals surface area contributed by atoms with Crippen LogP contribution in [0.3, 0.4) is 0 Å². The Hall–Kier alpha value is -0.650. The largest absolute Gasteiger partial charge is 0.508 e. The highest BCUT2D eigenvalue weighted by atomic mass is 35.5. The van der Waals surface area contributed by atoms with Crippen molar-refractivity contribution in [2.45, 2.75) is 12.2 Å². The van der Waals surface area contributed by atoms with E-state index in [-0.39, 0.29) is 17.4 Å². The van der Waals surface area contributed by atoms with E-state index in [9.17, 15) is 13.2 Å². The predicted molar refractivity (Wildman–Crippen MR) is 53.3 cm³/mol. The van der Waals surface area contributed by atoms with Gasteiger partial charge in [0.25, 0.3) is 0 Å². The molecule has 86 valence electrons. The number of halogens is 5. The molecule has 3 N–H and O–H groups in total. The lowest BCUT2D eigenvalue weighted by molar-refractivity contribution is -0.149. The van der Waals surface area contributed by atoms with Crippen LogP contribution in [-0.4, -0.2) is 11.3 Å². The topological polar surface area (TPSA) is 46.2 Å². The maximum Gasteiger partial charge on any atom is 0.407 e. The van der Waals surface area contributed by atoms with Crippen LogP contribution in [0.15, 0.2) is 18.2 Å². The van der Waals surface area contributed by atoms with E-state index in [2.05, 4.69) is 0 Å². The second kappa shape index (κ2) is 4.92. The van der Waals surface area contributed by atoms with Gasteiger partial charge in [-0.3, -0.25) is 0 Å². The zero-order valence-corrected chi connectivity index (χ0v) is 8.83. The molecule has 0 radical (unpaired) electrons. The van der Waals surface area contributed by atoms with Gasteiger partial charge in [-0.25, -0.2) is 0 Å². The first-order valence-corrected chi connectivity index (χ1v) is 4.01. The van der Waals surface area contributed by atoms with Crippen molar-refractivity contribution in [2.75, 3.05) is 0 Å². The fourth-order valence-corrected chi connectivity index (χ4v) is 1.13. The van der Waals surface area contributed by atoms with Gasteiger partial charge in [-0.05, 0) is 18.2 Å². The molecule has 0 saturated carbocycles. The molecule has 2 nitrogen and oxygen atoms in total. The van der Waals surface area contributed by atoms with Gasteiger partial charge in [-0.15, -0.1) is 12.4 Å². The molecule has 0 heterocycles. The van der Waals surface area contributed by atoms with Gasteiger partial charge in [-0.1, -0.05) is 11.6 Å². The maximum atomic E-state index is 12.2. The average molecular weight is 262 g/mol. The minimum absolute atomic E-state index is 0. The number of benzene rings is 1. The molecular weight excluding hydrogens is 254 g/mol. The number of rotatable bonds is 1. The van der Waals surface area contributed by atoms with Crippen LogP contribution in [0.25, 0.3) is 0 Å². The monoisotopic (exact) mass is 261 g/mol. The Morgan fingerprint density at radius 3 is 2.33 bits per heavy atom. The first-order chi connectivity index (χ1) is 6.32. The van der Waals surface area contributed by atoms with Gasteiger partial charge in [0, 0.05) is 10.6 Å². The summed E-state index contributed by atoms with van der Waals surface area (Å²) < 4.78 is 36.5. The Kier molecular flexibility index (Phi) is 4.70. The molecule has 0 spiro atoms. The van der Waals surface area contributed by atoms with Crippen LogP contribution in [0.1, 0.15) is 11.6 Å². The van der Waals surface area contributed by atoms with Crippen molar-refractivity contribution in [3.05, 3.63) is 28.8 Å². The number of aromatic hydroxyl groups is 1. The lowest BCUT2D eigenvalue weighted by Gasteiger charge is -2.16. The number of phenols is 1. The summed E-state index contributed by atoms with van der Waals surface area (Å²) in [5, 5.41) is 9.22. The normalized spacial score (nSPS) is 13.1. The smallest absolute Gasteiger partial charge is 0.407 e. The summed E-state index contributed by atoms with van der Waals surface area (Å²) in [4.78, 5) is 0. The van der Waals surface area contributed by atoms with Crippen LogP contribution >= 0.6 is 24.0 Å². The second-order valence-electron chi connectivity index (χ2n) is 2.72. The Morgan fingerprint density at radius 1 is 1.33 bits per heavy atom. The van der Waals surface area contributed by atoms with E-state index >= 15 is 0 Å². The standard InChI is InChI=1S/C8H7ClF3NO.ClH/c9-4-1-2-6(14)5(3-4)7(13)8(10,11)12;/h1-3,7,14H,13H2;1H. The highest BCUT2D eigenvalue weighted by Gasteiger charge is 2.39. The van der Waals surface area contributed by atoms with Crippen molar-refractivity contribution in [1.82, 2.24) is 0 Å². The van der Waals surface area contributed by atoms with Gasteiger partial charge < -0.3 is 10.8 Å². The summed E-state index contributed by atoms with van der Waals surface area (Å²) in [6.45, 7) is 0. The zero-order valence-electron chi connectivity index (χ0n) is 7.25. The first-order valence-electron chi connectivity index (χ1n) is 3.63. The van der Waals surface area contributed by atoms with E-state index in [1.165, 1.54) is 6.07 Å². The summed E-state index contributed by atoms with van der Waals surface area (Å²) >= 11 is 5.48. The molecular formula is C8H8Cl2F3NO. The van der Waals surface area contributed by atoms with Gasteiger partial charge in [0.15, 0.2) is 0 Å². The maximum absolute atomic E-state index is 12.2. The van der Waals surface area contributed by atoms with Crippen LogP contribution in [0.4, 0.5) is 13.2 Å². The number of alkyl halides is 3. The first kappa shape index (κ1) is 14.3. The number of hydrogen-bond donors (Lipinski definition) is 2. The summed E-state index contributed by atoms with van der Waals surface area (Å²) in [6.07, 6.45) is -4.60. The van der Waals surface area contributed by atoms with Crippen molar-refractivity contribution < 1.29 is 18.3 Å². The van der Waals surface area contributed by atoms with Gasteiger partial charge in [-0.2, -0.15) is 13.2 Å². The number of phenolic OH excluding ortho intramolecular Hbond substituents is 1. The molecule has 0 aliphatic carbocycles. The van der Waals surface area contributed by atoms with Crippen LogP contribution in [0, 0.1) is 0 Å². The third kappa shape index (κ3) is 3.44. The number of nitrogens with two attached hydrogens (primary N) is 1. The highest BCUT2D eigenvalue weighted by molar-refractivity contribution is 6.30. The molecule has 1 atom stereocenters. The molecule has 1 aromatic rings. The Balaban J connectivity index is 0.00000196. The quantitative estimate of drug-likeness (QED) is 0.817. The van der Waals surface area contributed by atoms with Gasteiger partial charge >= 0.3 is 6.18 Å². The SMILES string of the molecule is Cl.NC(c1cc(Cl)ccc1O)C(F)(F)F. The zero-order chi connectivity index (χ0) is 10.9. The molecule has 0 fully saturated rings. The highest BCUT2D eigenvalue weighted by Crippen LogP contribution is 2.35. The number of hydrogen-bond acceptors (Lipinski definition) is 2. The predicted octanol–water partition coefficient (Wildman–Crippen LogP) is 3.03. The fourth-order valence-electron chi connectivity index (χ4n) is 0.951. The van der Waals surface area contributed by atoms with E-state index in [0.717, 1.165) is 12.1 Å². The Bertz CT molecular complexity index is 343. The van der Waals surface area contributed by atoms with Gasteiger partial charge in [0.05, 0.1) is 0 Å². The van der Waals surface area contributed by atoms with E-state index < -0.39 is 23.5 Å². The van der Waals surface area contributed by atoms with Crippen molar-refractivity contribution in [2.24, 2.45) is 5.73 Å². The molecule has 0 aromatic heterocycles. The van der Waals surface area contributed by atoms with Crippen molar-refractivity contribution in [3.8, 4) is 5.75 Å². The third-order valence-electron chi connectivity index (χ3n) is 1.68. The summed E-state index contributed by atoms with van der Waals surface area (Å²) in [7, 11) is 0. The van der Waals surface area contributed by atoms with E-state index in [0.29, 0.717) is 0 Å². The molecule has 7 heteroatoms. The van der Waals surface area contributed by atoms with E-state index in [4.69, 9.17) is 22.4 Å². The second-order valence-corrected chi connectivity index (χ2v) is 3.16. The lowest BCUT2D eigenvalue weighted by atomic mass is 10.1. The van der Waals surface area contributed by atoms with Crippen LogP contribution in [-0.2, 0) is 0 Å². The van der Waals surface area contributed by atoms with Crippen molar-refractivity contribution in [1.29, 1.82) is 0 Å². The summed E-state index contributed by atoms with van der Waals surface area (Å²) in [6, 6.07) is 1.13. The molecule has 0 saturated heterocycles.